The third-order valence-corrected chi connectivity index (χ3v) is 8.42. The Morgan fingerprint density at radius 2 is 1.49 bits per heavy atom. The van der Waals surface area contributed by atoms with Gasteiger partial charge in [0.05, 0.1) is 18.7 Å². The minimum atomic E-state index is -0.281. The van der Waals surface area contributed by atoms with Gasteiger partial charge in [-0.3, -0.25) is 0 Å². The normalized spacial score (nSPS) is 17.5. The number of aryl methyl sites for hydroxylation is 1. The SMILES string of the molecule is CCCCCCCc1ccc(-c2ccc(C3CCC(CCCCCCC)CC3)cc2C#N)c(OC)c1F. The zero-order valence-electron chi connectivity index (χ0n) is 23.6. The van der Waals surface area contributed by atoms with E-state index in [1.54, 1.807) is 0 Å². The highest BCUT2D eigenvalue weighted by atomic mass is 19.1. The first-order valence-electron chi connectivity index (χ1n) is 15.0. The van der Waals surface area contributed by atoms with Crippen LogP contribution in [0.5, 0.6) is 5.75 Å². The van der Waals surface area contributed by atoms with Crippen molar-refractivity contribution in [3.8, 4) is 22.9 Å². The van der Waals surface area contributed by atoms with Crippen LogP contribution in [0, 0.1) is 23.1 Å². The van der Waals surface area contributed by atoms with E-state index in [9.17, 15) is 5.26 Å². The molecule has 2 aromatic rings. The Labute approximate surface area is 225 Å². The van der Waals surface area contributed by atoms with Gasteiger partial charge < -0.3 is 4.74 Å². The van der Waals surface area contributed by atoms with Gasteiger partial charge in [-0.05, 0) is 67.6 Å². The molecule has 0 N–H and O–H groups in total. The Balaban J connectivity index is 1.66. The highest BCUT2D eigenvalue weighted by Crippen LogP contribution is 2.41. The first-order chi connectivity index (χ1) is 18.1. The number of hydrogen-bond acceptors (Lipinski definition) is 2. The summed E-state index contributed by atoms with van der Waals surface area (Å²) in [4.78, 5) is 0. The molecule has 2 nitrogen and oxygen atoms in total. The molecule has 2 aromatic carbocycles. The minimum Gasteiger partial charge on any atom is -0.493 e. The van der Waals surface area contributed by atoms with Crippen LogP contribution in [0.3, 0.4) is 0 Å². The maximum atomic E-state index is 15.4. The average Bonchev–Trinajstić information content (AvgIpc) is 2.93. The van der Waals surface area contributed by atoms with E-state index in [1.165, 1.54) is 96.1 Å². The average molecular weight is 506 g/mol. The molecule has 202 valence electrons. The molecule has 0 aliphatic heterocycles. The zero-order valence-corrected chi connectivity index (χ0v) is 23.6. The molecule has 3 rings (SSSR count). The lowest BCUT2D eigenvalue weighted by Gasteiger charge is -2.29. The van der Waals surface area contributed by atoms with Gasteiger partial charge in [0.1, 0.15) is 0 Å². The van der Waals surface area contributed by atoms with Gasteiger partial charge in [-0.1, -0.05) is 102 Å². The number of unbranched alkanes of at least 4 members (excludes halogenated alkanes) is 8. The molecule has 0 aromatic heterocycles. The quantitative estimate of drug-likeness (QED) is 0.225. The molecule has 0 heterocycles. The molecule has 0 atom stereocenters. The summed E-state index contributed by atoms with van der Waals surface area (Å²) in [7, 11) is 1.52. The van der Waals surface area contributed by atoms with Crippen LogP contribution in [0.25, 0.3) is 11.1 Å². The van der Waals surface area contributed by atoms with E-state index in [2.05, 4.69) is 26.0 Å². The van der Waals surface area contributed by atoms with Gasteiger partial charge in [-0.15, -0.1) is 0 Å². The Morgan fingerprint density at radius 3 is 2.14 bits per heavy atom. The summed E-state index contributed by atoms with van der Waals surface area (Å²) in [5.41, 5.74) is 4.00. The second-order valence-electron chi connectivity index (χ2n) is 11.1. The number of nitriles is 1. The molecule has 0 radical (unpaired) electrons. The van der Waals surface area contributed by atoms with Crippen molar-refractivity contribution in [2.24, 2.45) is 5.92 Å². The van der Waals surface area contributed by atoms with Gasteiger partial charge in [0.2, 0.25) is 0 Å². The number of benzene rings is 2. The molecule has 1 aliphatic carbocycles. The van der Waals surface area contributed by atoms with E-state index in [1.807, 2.05) is 24.3 Å². The first kappa shape index (κ1) is 29.2. The van der Waals surface area contributed by atoms with Crippen LogP contribution in [-0.4, -0.2) is 7.11 Å². The smallest absolute Gasteiger partial charge is 0.168 e. The second-order valence-corrected chi connectivity index (χ2v) is 11.1. The van der Waals surface area contributed by atoms with E-state index in [0.717, 1.165) is 30.7 Å². The molecule has 1 fully saturated rings. The maximum Gasteiger partial charge on any atom is 0.168 e. The summed E-state index contributed by atoms with van der Waals surface area (Å²) in [6, 6.07) is 12.4. The van der Waals surface area contributed by atoms with Gasteiger partial charge in [0, 0.05) is 11.1 Å². The van der Waals surface area contributed by atoms with Crippen LogP contribution in [0.15, 0.2) is 30.3 Å². The summed E-state index contributed by atoms with van der Waals surface area (Å²) in [5, 5.41) is 9.99. The number of hydrogen-bond donors (Lipinski definition) is 0. The predicted octanol–water partition coefficient (Wildman–Crippen LogP) is 10.5. The fourth-order valence-corrected chi connectivity index (χ4v) is 6.08. The van der Waals surface area contributed by atoms with Gasteiger partial charge in [0.15, 0.2) is 11.6 Å². The first-order valence-corrected chi connectivity index (χ1v) is 15.0. The van der Waals surface area contributed by atoms with Crippen LogP contribution < -0.4 is 4.74 Å². The van der Waals surface area contributed by atoms with E-state index in [4.69, 9.17) is 4.74 Å². The van der Waals surface area contributed by atoms with Crippen molar-refractivity contribution in [3.63, 3.8) is 0 Å². The van der Waals surface area contributed by atoms with Crippen LogP contribution in [0.2, 0.25) is 0 Å². The van der Waals surface area contributed by atoms with Crippen molar-refractivity contribution in [3.05, 3.63) is 52.8 Å². The van der Waals surface area contributed by atoms with Crippen molar-refractivity contribution in [1.29, 1.82) is 5.26 Å². The van der Waals surface area contributed by atoms with Crippen LogP contribution >= 0.6 is 0 Å². The summed E-state index contributed by atoms with van der Waals surface area (Å²) in [5.74, 6) is 1.36. The summed E-state index contributed by atoms with van der Waals surface area (Å²) < 4.78 is 20.9. The fourth-order valence-electron chi connectivity index (χ4n) is 6.08. The standard InChI is InChI=1S/C34H48FNO/c1-4-6-8-10-12-14-26-16-18-27(19-17-26)29-21-22-31(30(24-29)25-36)32-23-20-28(33(35)34(32)37-3)15-13-11-9-7-5-2/h20-24,26-27H,4-19H2,1-3H3. The van der Waals surface area contributed by atoms with Crippen LogP contribution in [0.4, 0.5) is 4.39 Å². The summed E-state index contributed by atoms with van der Waals surface area (Å²) in [6.45, 7) is 4.47. The fraction of sp³-hybridized carbons (Fsp3) is 0.618. The third-order valence-electron chi connectivity index (χ3n) is 8.42. The number of halogens is 1. The largest absolute Gasteiger partial charge is 0.493 e. The number of methoxy groups -OCH3 is 1. The maximum absolute atomic E-state index is 15.4. The van der Waals surface area contributed by atoms with Crippen molar-refractivity contribution < 1.29 is 9.13 Å². The molecule has 37 heavy (non-hydrogen) atoms. The van der Waals surface area contributed by atoms with E-state index < -0.39 is 0 Å². The Morgan fingerprint density at radius 1 is 0.838 bits per heavy atom. The van der Waals surface area contributed by atoms with Crippen molar-refractivity contribution >= 4 is 0 Å². The van der Waals surface area contributed by atoms with E-state index in [0.29, 0.717) is 22.6 Å². The molecular weight excluding hydrogens is 457 g/mol. The summed E-state index contributed by atoms with van der Waals surface area (Å²) in [6.07, 6.45) is 19.6. The molecule has 0 amide bonds. The van der Waals surface area contributed by atoms with Crippen molar-refractivity contribution in [1.82, 2.24) is 0 Å². The molecule has 1 saturated carbocycles. The number of nitrogens with zero attached hydrogens (tertiary/aromatic N) is 1. The molecule has 1 aliphatic rings. The Bertz CT molecular complexity index is 1000. The second kappa shape index (κ2) is 15.8. The van der Waals surface area contributed by atoms with E-state index >= 15 is 4.39 Å². The van der Waals surface area contributed by atoms with Crippen LogP contribution in [0.1, 0.15) is 133 Å². The predicted molar refractivity (Wildman–Crippen MR) is 154 cm³/mol. The third kappa shape index (κ3) is 8.33. The molecule has 3 heteroatoms. The van der Waals surface area contributed by atoms with E-state index in [-0.39, 0.29) is 11.6 Å². The molecular formula is C34H48FNO. The Kier molecular flexibility index (Phi) is 12.5. The van der Waals surface area contributed by atoms with Gasteiger partial charge in [-0.25, -0.2) is 4.39 Å². The van der Waals surface area contributed by atoms with Crippen molar-refractivity contribution in [2.45, 2.75) is 122 Å². The monoisotopic (exact) mass is 505 g/mol. The molecule has 0 unspecified atom stereocenters. The van der Waals surface area contributed by atoms with Crippen LogP contribution in [-0.2, 0) is 6.42 Å². The lowest BCUT2D eigenvalue weighted by Crippen LogP contribution is -2.13. The number of ether oxygens (including phenoxy) is 1. The zero-order chi connectivity index (χ0) is 26.5. The number of rotatable bonds is 15. The van der Waals surface area contributed by atoms with Gasteiger partial charge in [-0.2, -0.15) is 5.26 Å². The highest BCUT2D eigenvalue weighted by Gasteiger charge is 2.24. The molecule has 0 spiro atoms. The minimum absolute atomic E-state index is 0.259. The van der Waals surface area contributed by atoms with Crippen molar-refractivity contribution in [2.75, 3.05) is 7.11 Å². The lowest BCUT2D eigenvalue weighted by molar-refractivity contribution is 0.302. The molecule has 0 bridgehead atoms. The Hall–Kier alpha value is -2.34. The highest BCUT2D eigenvalue weighted by molar-refractivity contribution is 5.77. The van der Waals surface area contributed by atoms with Gasteiger partial charge in [0.25, 0.3) is 0 Å². The lowest BCUT2D eigenvalue weighted by atomic mass is 9.76. The topological polar surface area (TPSA) is 33.0 Å². The molecule has 0 saturated heterocycles. The summed E-state index contributed by atoms with van der Waals surface area (Å²) >= 11 is 0. The van der Waals surface area contributed by atoms with Gasteiger partial charge >= 0.3 is 0 Å².